The van der Waals surface area contributed by atoms with E-state index >= 15 is 0 Å². The van der Waals surface area contributed by atoms with Crippen molar-refractivity contribution in [1.29, 1.82) is 0 Å². The Labute approximate surface area is 192 Å². The summed E-state index contributed by atoms with van der Waals surface area (Å²) in [5.74, 6) is 1.57. The predicted molar refractivity (Wildman–Crippen MR) is 134 cm³/mol. The van der Waals surface area contributed by atoms with Crippen LogP contribution in [-0.4, -0.2) is 20.8 Å². The van der Waals surface area contributed by atoms with Crippen molar-refractivity contribution >= 4 is 15.7 Å². The molecule has 1 aromatic rings. The van der Waals surface area contributed by atoms with Gasteiger partial charge in [-0.05, 0) is 43.0 Å². The summed E-state index contributed by atoms with van der Waals surface area (Å²) in [6.07, 6.45) is 16.8. The van der Waals surface area contributed by atoms with Gasteiger partial charge in [-0.3, -0.25) is 4.72 Å². The molecule has 5 heteroatoms. The first-order chi connectivity index (χ1) is 15.0. The minimum Gasteiger partial charge on any atom is -0.493 e. The lowest BCUT2D eigenvalue weighted by Gasteiger charge is -2.16. The van der Waals surface area contributed by atoms with E-state index in [1.165, 1.54) is 64.2 Å². The molecule has 0 fully saturated rings. The molecule has 4 nitrogen and oxygen atoms in total. The fraction of sp³-hybridized carbons (Fsp3) is 0.769. The van der Waals surface area contributed by atoms with Crippen LogP contribution in [0.4, 0.5) is 5.69 Å². The van der Waals surface area contributed by atoms with Crippen molar-refractivity contribution in [2.24, 2.45) is 5.92 Å². The zero-order valence-electron chi connectivity index (χ0n) is 20.3. The fourth-order valence-corrected chi connectivity index (χ4v) is 4.92. The Hall–Kier alpha value is -1.23. The minimum absolute atomic E-state index is 0.192. The van der Waals surface area contributed by atoms with Gasteiger partial charge in [-0.15, -0.1) is 0 Å². The quantitative estimate of drug-likeness (QED) is 0.204. The molecule has 0 aliphatic rings. The summed E-state index contributed by atoms with van der Waals surface area (Å²) in [5.41, 5.74) is 0.609. The highest BCUT2D eigenvalue weighted by atomic mass is 32.2. The molecule has 0 spiro atoms. The number of unbranched alkanes of at least 4 members (excludes halogenated alkanes) is 10. The van der Waals surface area contributed by atoms with Crippen LogP contribution in [0.25, 0.3) is 0 Å². The SMILES string of the molecule is CCCCCCCCCCCCS(=O)(=O)Nc1ccc(OCC(CC)CCCC)cc1. The summed E-state index contributed by atoms with van der Waals surface area (Å²) in [6.45, 7) is 7.38. The summed E-state index contributed by atoms with van der Waals surface area (Å²) in [4.78, 5) is 0. The van der Waals surface area contributed by atoms with Gasteiger partial charge in [0.05, 0.1) is 12.4 Å². The first-order valence-electron chi connectivity index (χ1n) is 12.7. The third-order valence-electron chi connectivity index (χ3n) is 5.92. The number of nitrogens with one attached hydrogen (secondary N) is 1. The van der Waals surface area contributed by atoms with Gasteiger partial charge in [0.1, 0.15) is 5.75 Å². The van der Waals surface area contributed by atoms with Crippen molar-refractivity contribution in [2.45, 2.75) is 111 Å². The fourth-order valence-electron chi connectivity index (χ4n) is 3.74. The smallest absolute Gasteiger partial charge is 0.232 e. The van der Waals surface area contributed by atoms with Crippen LogP contribution in [0.3, 0.4) is 0 Å². The van der Waals surface area contributed by atoms with Gasteiger partial charge in [0.2, 0.25) is 10.0 Å². The predicted octanol–water partition coefficient (Wildman–Crippen LogP) is 7.94. The molecular formula is C26H47NO3S. The van der Waals surface area contributed by atoms with Crippen LogP contribution >= 0.6 is 0 Å². The topological polar surface area (TPSA) is 55.4 Å². The maximum atomic E-state index is 12.3. The molecule has 0 amide bonds. The molecule has 0 saturated heterocycles. The zero-order valence-corrected chi connectivity index (χ0v) is 21.1. The second-order valence-corrected chi connectivity index (χ2v) is 10.7. The summed E-state index contributed by atoms with van der Waals surface area (Å²) < 4.78 is 33.3. The van der Waals surface area contributed by atoms with Gasteiger partial charge in [0.25, 0.3) is 0 Å². The molecule has 1 atom stereocenters. The molecule has 31 heavy (non-hydrogen) atoms. The second-order valence-electron chi connectivity index (χ2n) is 8.85. The van der Waals surface area contributed by atoms with E-state index in [0.29, 0.717) is 11.6 Å². The Morgan fingerprint density at radius 2 is 1.32 bits per heavy atom. The van der Waals surface area contributed by atoms with Crippen LogP contribution in [0.15, 0.2) is 24.3 Å². The van der Waals surface area contributed by atoms with Crippen molar-refractivity contribution in [2.75, 3.05) is 17.1 Å². The Morgan fingerprint density at radius 3 is 1.87 bits per heavy atom. The number of anilines is 1. The van der Waals surface area contributed by atoms with Crippen LogP contribution < -0.4 is 9.46 Å². The highest BCUT2D eigenvalue weighted by Gasteiger charge is 2.11. The summed E-state index contributed by atoms with van der Waals surface area (Å²) in [5, 5.41) is 0. The number of sulfonamides is 1. The van der Waals surface area contributed by atoms with Crippen LogP contribution in [0.2, 0.25) is 0 Å². The first kappa shape index (κ1) is 27.8. The molecular weight excluding hydrogens is 406 g/mol. The lowest BCUT2D eigenvalue weighted by Crippen LogP contribution is -2.16. The van der Waals surface area contributed by atoms with E-state index < -0.39 is 10.0 Å². The highest BCUT2D eigenvalue weighted by molar-refractivity contribution is 7.92. The van der Waals surface area contributed by atoms with Gasteiger partial charge in [-0.2, -0.15) is 0 Å². The summed E-state index contributed by atoms with van der Waals surface area (Å²) in [6, 6.07) is 7.28. The average molecular weight is 454 g/mol. The molecule has 0 aliphatic heterocycles. The second kappa shape index (κ2) is 17.3. The minimum atomic E-state index is -3.29. The Balaban J connectivity index is 2.22. The Kier molecular flexibility index (Phi) is 15.6. The van der Waals surface area contributed by atoms with Crippen molar-refractivity contribution in [3.05, 3.63) is 24.3 Å². The van der Waals surface area contributed by atoms with E-state index in [1.807, 2.05) is 12.1 Å². The monoisotopic (exact) mass is 453 g/mol. The third-order valence-corrected chi connectivity index (χ3v) is 7.30. The van der Waals surface area contributed by atoms with Crippen molar-refractivity contribution < 1.29 is 13.2 Å². The van der Waals surface area contributed by atoms with E-state index in [9.17, 15) is 8.42 Å². The Morgan fingerprint density at radius 1 is 0.774 bits per heavy atom. The average Bonchev–Trinajstić information content (AvgIpc) is 2.76. The lowest BCUT2D eigenvalue weighted by atomic mass is 10.0. The molecule has 0 aromatic heterocycles. The largest absolute Gasteiger partial charge is 0.493 e. The molecule has 1 N–H and O–H groups in total. The Bertz CT molecular complexity index is 643. The zero-order chi connectivity index (χ0) is 22.8. The summed E-state index contributed by atoms with van der Waals surface area (Å²) >= 11 is 0. The maximum absolute atomic E-state index is 12.3. The first-order valence-corrected chi connectivity index (χ1v) is 14.4. The molecule has 1 rings (SSSR count). The maximum Gasteiger partial charge on any atom is 0.232 e. The number of benzene rings is 1. The van der Waals surface area contributed by atoms with Crippen LogP contribution in [-0.2, 0) is 10.0 Å². The van der Waals surface area contributed by atoms with Crippen molar-refractivity contribution in [1.82, 2.24) is 0 Å². The number of ether oxygens (including phenoxy) is 1. The van der Waals surface area contributed by atoms with Gasteiger partial charge >= 0.3 is 0 Å². The molecule has 0 bridgehead atoms. The van der Waals surface area contributed by atoms with Gasteiger partial charge < -0.3 is 4.74 Å². The van der Waals surface area contributed by atoms with Crippen molar-refractivity contribution in [3.63, 3.8) is 0 Å². The normalized spacial score (nSPS) is 12.6. The number of hydrogen-bond acceptors (Lipinski definition) is 3. The van der Waals surface area contributed by atoms with E-state index in [0.717, 1.165) is 38.0 Å². The van der Waals surface area contributed by atoms with Crippen LogP contribution in [0.5, 0.6) is 5.75 Å². The van der Waals surface area contributed by atoms with Crippen LogP contribution in [0.1, 0.15) is 111 Å². The molecule has 180 valence electrons. The number of rotatable bonds is 20. The number of hydrogen-bond donors (Lipinski definition) is 1. The van der Waals surface area contributed by atoms with Gasteiger partial charge in [-0.25, -0.2) is 8.42 Å². The third kappa shape index (κ3) is 14.5. The lowest BCUT2D eigenvalue weighted by molar-refractivity contribution is 0.233. The van der Waals surface area contributed by atoms with Gasteiger partial charge in [0, 0.05) is 5.69 Å². The van der Waals surface area contributed by atoms with Gasteiger partial charge in [-0.1, -0.05) is 97.8 Å². The van der Waals surface area contributed by atoms with Gasteiger partial charge in [0.15, 0.2) is 0 Å². The molecule has 1 unspecified atom stereocenters. The molecule has 0 saturated carbocycles. The molecule has 0 heterocycles. The van der Waals surface area contributed by atoms with E-state index in [2.05, 4.69) is 25.5 Å². The van der Waals surface area contributed by atoms with E-state index in [1.54, 1.807) is 12.1 Å². The highest BCUT2D eigenvalue weighted by Crippen LogP contribution is 2.20. The standard InChI is InChI=1S/C26H47NO3S/c1-4-7-9-10-11-12-13-14-15-16-22-31(28,29)27-25-18-20-26(21-19-25)30-23-24(6-3)17-8-5-2/h18-21,24,27H,4-17,22-23H2,1-3H3. The molecule has 0 aliphatic carbocycles. The molecule has 0 radical (unpaired) electrons. The molecule has 1 aromatic carbocycles. The van der Waals surface area contributed by atoms with E-state index in [-0.39, 0.29) is 5.75 Å². The van der Waals surface area contributed by atoms with Crippen LogP contribution in [0, 0.1) is 5.92 Å². The van der Waals surface area contributed by atoms with E-state index in [4.69, 9.17) is 4.74 Å². The van der Waals surface area contributed by atoms with Crippen molar-refractivity contribution in [3.8, 4) is 5.75 Å². The summed E-state index contributed by atoms with van der Waals surface area (Å²) in [7, 11) is -3.29.